The van der Waals surface area contributed by atoms with Crippen molar-refractivity contribution in [3.8, 4) is 0 Å². The summed E-state index contributed by atoms with van der Waals surface area (Å²) in [5.41, 5.74) is 0. The molecule has 0 saturated carbocycles. The standard InChI is InChI=1S/C7H15.2C4H9.Sn.H/c1-3-5-7-6-4-2;2*1-3-4-2;;/h1,3-7H2,2H3;2*1,3-4H2,2H3;;. The van der Waals surface area contributed by atoms with Crippen molar-refractivity contribution in [1.82, 2.24) is 0 Å². The molecule has 0 rings (SSSR count). The summed E-state index contributed by atoms with van der Waals surface area (Å²) < 4.78 is 5.11. The van der Waals surface area contributed by atoms with Crippen LogP contribution in [0.25, 0.3) is 0 Å². The van der Waals surface area contributed by atoms with Crippen molar-refractivity contribution in [3.63, 3.8) is 0 Å². The van der Waals surface area contributed by atoms with Gasteiger partial charge in [0.1, 0.15) is 0 Å². The number of rotatable bonds is 12. The molecule has 1 heteroatoms. The summed E-state index contributed by atoms with van der Waals surface area (Å²) in [4.78, 5) is 0. The van der Waals surface area contributed by atoms with Gasteiger partial charge in [-0.1, -0.05) is 0 Å². The quantitative estimate of drug-likeness (QED) is 0.313. The predicted octanol–water partition coefficient (Wildman–Crippen LogP) is 5.78. The van der Waals surface area contributed by atoms with Crippen molar-refractivity contribution >= 4 is 19.8 Å². The van der Waals surface area contributed by atoms with Gasteiger partial charge in [-0.3, -0.25) is 0 Å². The minimum absolute atomic E-state index is 1.02. The minimum atomic E-state index is -1.02. The summed E-state index contributed by atoms with van der Waals surface area (Å²) in [6, 6.07) is 0. The van der Waals surface area contributed by atoms with Crippen LogP contribution in [0.5, 0.6) is 0 Å². The molecule has 0 aromatic heterocycles. The van der Waals surface area contributed by atoms with Crippen LogP contribution < -0.4 is 0 Å². The van der Waals surface area contributed by atoms with Gasteiger partial charge < -0.3 is 0 Å². The molecule has 0 aliphatic rings. The van der Waals surface area contributed by atoms with E-state index in [9.17, 15) is 0 Å². The van der Waals surface area contributed by atoms with E-state index in [0.717, 1.165) is 0 Å². The molecule has 0 nitrogen and oxygen atoms in total. The average molecular weight is 333 g/mol. The van der Waals surface area contributed by atoms with E-state index in [0.29, 0.717) is 0 Å². The molecular weight excluding hydrogens is 299 g/mol. The second-order valence-electron chi connectivity index (χ2n) is 5.35. The molecule has 0 heterocycles. The molecule has 0 aromatic carbocycles. The first-order valence-electron chi connectivity index (χ1n) is 7.85. The maximum absolute atomic E-state index is 2.35. The molecule has 0 N–H and O–H groups in total. The number of hydrogen-bond donors (Lipinski definition) is 0. The molecule has 0 spiro atoms. The Morgan fingerprint density at radius 3 is 1.44 bits per heavy atom. The second kappa shape index (κ2) is 13.9. The third kappa shape index (κ3) is 11.3. The Balaban J connectivity index is 3.48. The molecule has 0 aromatic rings. The van der Waals surface area contributed by atoms with E-state index >= 15 is 0 Å². The molecule has 98 valence electrons. The molecule has 0 radical (unpaired) electrons. The summed E-state index contributed by atoms with van der Waals surface area (Å²) in [5.74, 6) is 0. The summed E-state index contributed by atoms with van der Waals surface area (Å²) in [6.45, 7) is 7.01. The van der Waals surface area contributed by atoms with Crippen LogP contribution in [0, 0.1) is 0 Å². The van der Waals surface area contributed by atoms with E-state index < -0.39 is 19.8 Å². The third-order valence-corrected chi connectivity index (χ3v) is 14.1. The van der Waals surface area contributed by atoms with Crippen molar-refractivity contribution in [2.75, 3.05) is 0 Å². The van der Waals surface area contributed by atoms with Gasteiger partial charge in [0.05, 0.1) is 0 Å². The zero-order valence-electron chi connectivity index (χ0n) is 12.1. The van der Waals surface area contributed by atoms with Gasteiger partial charge in [0, 0.05) is 0 Å². The molecule has 0 aliphatic carbocycles. The van der Waals surface area contributed by atoms with Gasteiger partial charge >= 0.3 is 112 Å². The Hall–Kier alpha value is 0.799. The van der Waals surface area contributed by atoms with Gasteiger partial charge in [0.2, 0.25) is 0 Å². The van der Waals surface area contributed by atoms with Crippen molar-refractivity contribution in [1.29, 1.82) is 0 Å². The number of unbranched alkanes of at least 4 members (excludes halogenated alkanes) is 6. The Bertz CT molecular complexity index is 115. The SMILES string of the molecule is CCCCCC[CH2][SnH]([CH2]CCC)[CH2]CCC. The zero-order valence-corrected chi connectivity index (χ0v) is 15.4. The van der Waals surface area contributed by atoms with E-state index in [2.05, 4.69) is 20.8 Å². The fourth-order valence-corrected chi connectivity index (χ4v) is 13.0. The van der Waals surface area contributed by atoms with Crippen LogP contribution in [0.3, 0.4) is 0 Å². The molecule has 0 saturated heterocycles. The van der Waals surface area contributed by atoms with Crippen LogP contribution in [-0.2, 0) is 0 Å². The van der Waals surface area contributed by atoms with Gasteiger partial charge in [0.15, 0.2) is 0 Å². The van der Waals surface area contributed by atoms with Crippen LogP contribution >= 0.6 is 0 Å². The Morgan fingerprint density at radius 1 is 0.500 bits per heavy atom. The first kappa shape index (κ1) is 16.8. The predicted molar refractivity (Wildman–Crippen MR) is 80.1 cm³/mol. The van der Waals surface area contributed by atoms with E-state index in [1.807, 2.05) is 0 Å². The Kier molecular flexibility index (Phi) is 14.6. The van der Waals surface area contributed by atoms with Crippen LogP contribution in [0.4, 0.5) is 0 Å². The molecule has 0 aliphatic heterocycles. The first-order chi connectivity index (χ1) is 7.85. The summed E-state index contributed by atoms with van der Waals surface area (Å²) in [5, 5.41) is 0. The van der Waals surface area contributed by atoms with Crippen LogP contribution in [0.2, 0.25) is 13.3 Å². The van der Waals surface area contributed by atoms with E-state index in [-0.39, 0.29) is 0 Å². The van der Waals surface area contributed by atoms with Gasteiger partial charge in [-0.2, -0.15) is 0 Å². The first-order valence-corrected chi connectivity index (χ1v) is 14.8. The van der Waals surface area contributed by atoms with E-state index in [4.69, 9.17) is 0 Å². The van der Waals surface area contributed by atoms with E-state index in [1.165, 1.54) is 38.5 Å². The maximum atomic E-state index is 2.35. The topological polar surface area (TPSA) is 0 Å². The Labute approximate surface area is 111 Å². The van der Waals surface area contributed by atoms with Gasteiger partial charge in [0.25, 0.3) is 0 Å². The normalized spacial score (nSPS) is 11.2. The summed E-state index contributed by atoms with van der Waals surface area (Å²) in [6.07, 6.45) is 13.4. The van der Waals surface area contributed by atoms with E-state index in [1.54, 1.807) is 32.6 Å². The van der Waals surface area contributed by atoms with Gasteiger partial charge in [-0.05, 0) is 0 Å². The molecule has 0 bridgehead atoms. The fraction of sp³-hybridized carbons (Fsp3) is 1.00. The summed E-state index contributed by atoms with van der Waals surface area (Å²) in [7, 11) is 0. The zero-order chi connectivity index (χ0) is 12.1. The molecule has 0 fully saturated rings. The summed E-state index contributed by atoms with van der Waals surface area (Å²) >= 11 is -1.02. The van der Waals surface area contributed by atoms with Crippen molar-refractivity contribution in [2.45, 2.75) is 91.9 Å². The van der Waals surface area contributed by atoms with Gasteiger partial charge in [-0.15, -0.1) is 0 Å². The Morgan fingerprint density at radius 2 is 0.938 bits per heavy atom. The van der Waals surface area contributed by atoms with Crippen LogP contribution in [-0.4, -0.2) is 19.8 Å². The molecule has 0 atom stereocenters. The average Bonchev–Trinajstić information content (AvgIpc) is 2.31. The second-order valence-corrected chi connectivity index (χ2v) is 15.2. The molecule has 0 unspecified atom stereocenters. The number of hydrogen-bond acceptors (Lipinski definition) is 0. The molecular formula is C15H34Sn. The van der Waals surface area contributed by atoms with Crippen molar-refractivity contribution in [3.05, 3.63) is 0 Å². The molecule has 16 heavy (non-hydrogen) atoms. The third-order valence-electron chi connectivity index (χ3n) is 3.65. The van der Waals surface area contributed by atoms with Crippen molar-refractivity contribution in [2.24, 2.45) is 0 Å². The molecule has 0 amide bonds. The van der Waals surface area contributed by atoms with Crippen LogP contribution in [0.15, 0.2) is 0 Å². The monoisotopic (exact) mass is 334 g/mol. The van der Waals surface area contributed by atoms with Crippen molar-refractivity contribution < 1.29 is 0 Å². The van der Waals surface area contributed by atoms with Gasteiger partial charge in [-0.25, -0.2) is 0 Å². The fourth-order valence-electron chi connectivity index (χ4n) is 2.46. The van der Waals surface area contributed by atoms with Crippen LogP contribution in [0.1, 0.15) is 78.6 Å².